The number of rotatable bonds is 3. The van der Waals surface area contributed by atoms with Crippen LogP contribution in [0.15, 0.2) is 0 Å². The monoisotopic (exact) mass is 274 g/mol. The van der Waals surface area contributed by atoms with Crippen LogP contribution in [0.1, 0.15) is 0 Å². The fourth-order valence-corrected chi connectivity index (χ4v) is 1.79. The molecule has 1 saturated heterocycles. The van der Waals surface area contributed by atoms with Crippen molar-refractivity contribution in [2.45, 2.75) is 30.7 Å². The highest BCUT2D eigenvalue weighted by Gasteiger charge is 2.49. The van der Waals surface area contributed by atoms with Crippen LogP contribution in [0, 0.1) is 0 Å². The van der Waals surface area contributed by atoms with Crippen molar-refractivity contribution in [3.05, 3.63) is 0 Å². The van der Waals surface area contributed by atoms with Crippen molar-refractivity contribution in [3.8, 4) is 0 Å². The van der Waals surface area contributed by atoms with Gasteiger partial charge in [0, 0.05) is 0 Å². The van der Waals surface area contributed by atoms with Crippen LogP contribution in [0.4, 0.5) is 0 Å². The summed E-state index contributed by atoms with van der Waals surface area (Å²) in [5.74, 6) is -1.75. The number of aliphatic carboxylic acids is 1. The van der Waals surface area contributed by atoms with Gasteiger partial charge in [-0.15, -0.1) is 0 Å². The molecule has 0 aromatic heterocycles. The minimum absolute atomic E-state index is 1.75. The molecular formula is C6H10O10S. The molecule has 10 nitrogen and oxygen atoms in total. The lowest BCUT2D eigenvalue weighted by Gasteiger charge is -2.37. The molecule has 0 bridgehead atoms. The van der Waals surface area contributed by atoms with Crippen LogP contribution in [-0.4, -0.2) is 70.1 Å². The molecule has 100 valence electrons. The lowest BCUT2D eigenvalue weighted by atomic mass is 9.99. The van der Waals surface area contributed by atoms with E-state index in [0.717, 1.165) is 0 Å². The van der Waals surface area contributed by atoms with E-state index >= 15 is 0 Å². The molecule has 17 heavy (non-hydrogen) atoms. The van der Waals surface area contributed by atoms with Gasteiger partial charge in [-0.05, 0) is 0 Å². The van der Waals surface area contributed by atoms with Gasteiger partial charge in [-0.1, -0.05) is 0 Å². The summed E-state index contributed by atoms with van der Waals surface area (Å²) in [5.41, 5.74) is 0. The molecule has 1 heterocycles. The van der Waals surface area contributed by atoms with E-state index in [1.807, 2.05) is 0 Å². The standard InChI is InChI=1S/C6H10O10S/c7-1-2(8)6(11)15-4(5(9)10)3(1)16-17(12,13)14/h1-4,6-8,11H,(H,9,10)(H,12,13,14)/t1-,2-,3+,4+,6-/m1/s1. The Kier molecular flexibility index (Phi) is 4.03. The molecular weight excluding hydrogens is 264 g/mol. The van der Waals surface area contributed by atoms with E-state index in [9.17, 15) is 18.3 Å². The predicted octanol–water partition coefficient (Wildman–Crippen LogP) is -3.30. The van der Waals surface area contributed by atoms with Crippen LogP contribution in [-0.2, 0) is 24.1 Å². The average molecular weight is 274 g/mol. The molecule has 5 atom stereocenters. The van der Waals surface area contributed by atoms with Gasteiger partial charge in [0.2, 0.25) is 0 Å². The fourth-order valence-electron chi connectivity index (χ4n) is 1.30. The molecule has 0 radical (unpaired) electrons. The topological polar surface area (TPSA) is 171 Å². The molecule has 0 aliphatic carbocycles. The number of carboxylic acids is 1. The number of hydrogen-bond acceptors (Lipinski definition) is 8. The first-order valence-corrected chi connectivity index (χ1v) is 5.58. The number of aliphatic hydroxyl groups is 3. The summed E-state index contributed by atoms with van der Waals surface area (Å²) in [4.78, 5) is 10.7. The minimum atomic E-state index is -5.06. The number of carbonyl (C=O) groups is 1. The van der Waals surface area contributed by atoms with Gasteiger partial charge >= 0.3 is 16.4 Å². The highest BCUT2D eigenvalue weighted by atomic mass is 32.3. The van der Waals surface area contributed by atoms with Crippen molar-refractivity contribution < 1.29 is 47.1 Å². The molecule has 0 aromatic carbocycles. The molecule has 0 spiro atoms. The van der Waals surface area contributed by atoms with Crippen LogP contribution >= 0.6 is 0 Å². The fraction of sp³-hybridized carbons (Fsp3) is 0.833. The summed E-state index contributed by atoms with van der Waals surface area (Å²) in [6.07, 6.45) is -10.2. The summed E-state index contributed by atoms with van der Waals surface area (Å²) in [6.45, 7) is 0. The number of aliphatic hydroxyl groups excluding tert-OH is 3. The second-order valence-corrected chi connectivity index (χ2v) is 4.30. The Balaban J connectivity index is 2.98. The molecule has 5 N–H and O–H groups in total. The zero-order valence-corrected chi connectivity index (χ0v) is 8.89. The van der Waals surface area contributed by atoms with Crippen molar-refractivity contribution in [3.63, 3.8) is 0 Å². The average Bonchev–Trinajstić information content (AvgIpc) is 2.16. The van der Waals surface area contributed by atoms with E-state index in [0.29, 0.717) is 0 Å². The highest BCUT2D eigenvalue weighted by molar-refractivity contribution is 7.80. The van der Waals surface area contributed by atoms with E-state index < -0.39 is 47.1 Å². The van der Waals surface area contributed by atoms with Crippen molar-refractivity contribution >= 4 is 16.4 Å². The van der Waals surface area contributed by atoms with Gasteiger partial charge in [0.25, 0.3) is 0 Å². The van der Waals surface area contributed by atoms with Crippen LogP contribution in [0.2, 0.25) is 0 Å². The summed E-state index contributed by atoms with van der Waals surface area (Å²) in [7, 11) is -5.06. The maximum atomic E-state index is 10.7. The summed E-state index contributed by atoms with van der Waals surface area (Å²) in [6, 6.07) is 0. The van der Waals surface area contributed by atoms with Crippen LogP contribution in [0.5, 0.6) is 0 Å². The molecule has 11 heteroatoms. The molecule has 1 aliphatic heterocycles. The zero-order chi connectivity index (χ0) is 13.4. The van der Waals surface area contributed by atoms with Crippen molar-refractivity contribution in [2.24, 2.45) is 0 Å². The maximum Gasteiger partial charge on any atom is 0.397 e. The molecule has 1 rings (SSSR count). The quantitative estimate of drug-likeness (QED) is 0.328. The smallest absolute Gasteiger partial charge is 0.397 e. The predicted molar refractivity (Wildman–Crippen MR) is 47.0 cm³/mol. The molecule has 0 saturated carbocycles. The van der Waals surface area contributed by atoms with Gasteiger partial charge in [0.05, 0.1) is 0 Å². The van der Waals surface area contributed by atoms with Gasteiger partial charge in [-0.3, -0.25) is 4.55 Å². The maximum absolute atomic E-state index is 10.7. The summed E-state index contributed by atoms with van der Waals surface area (Å²) >= 11 is 0. The van der Waals surface area contributed by atoms with E-state index in [2.05, 4.69) is 8.92 Å². The Morgan fingerprint density at radius 1 is 1.18 bits per heavy atom. The second-order valence-electron chi connectivity index (χ2n) is 3.26. The van der Waals surface area contributed by atoms with E-state index in [1.54, 1.807) is 0 Å². The van der Waals surface area contributed by atoms with Gasteiger partial charge in [-0.2, -0.15) is 8.42 Å². The Bertz CT molecular complexity index is 390. The van der Waals surface area contributed by atoms with Gasteiger partial charge < -0.3 is 25.2 Å². The number of ether oxygens (including phenoxy) is 1. The highest BCUT2D eigenvalue weighted by Crippen LogP contribution is 2.23. The summed E-state index contributed by atoms with van der Waals surface area (Å²) < 4.78 is 37.5. The van der Waals surface area contributed by atoms with E-state index in [4.69, 9.17) is 19.9 Å². The zero-order valence-electron chi connectivity index (χ0n) is 8.07. The van der Waals surface area contributed by atoms with Crippen LogP contribution < -0.4 is 0 Å². The van der Waals surface area contributed by atoms with Crippen molar-refractivity contribution in [1.29, 1.82) is 0 Å². The third kappa shape index (κ3) is 3.32. The van der Waals surface area contributed by atoms with Crippen LogP contribution in [0.3, 0.4) is 0 Å². The normalized spacial score (nSPS) is 38.9. The first-order chi connectivity index (χ1) is 7.63. The van der Waals surface area contributed by atoms with E-state index in [-0.39, 0.29) is 0 Å². The summed E-state index contributed by atoms with van der Waals surface area (Å²) in [5, 5.41) is 36.1. The van der Waals surface area contributed by atoms with Gasteiger partial charge in [-0.25, -0.2) is 8.98 Å². The van der Waals surface area contributed by atoms with Gasteiger partial charge in [0.15, 0.2) is 12.4 Å². The third-order valence-electron chi connectivity index (χ3n) is 2.04. The Labute approximate surface area is 95.0 Å². The lowest BCUT2D eigenvalue weighted by molar-refractivity contribution is -0.275. The molecule has 1 fully saturated rings. The second kappa shape index (κ2) is 4.81. The lowest BCUT2D eigenvalue weighted by Crippen LogP contribution is -2.60. The van der Waals surface area contributed by atoms with Crippen molar-refractivity contribution in [2.75, 3.05) is 0 Å². The molecule has 0 amide bonds. The third-order valence-corrected chi connectivity index (χ3v) is 2.50. The Hall–Kier alpha value is -0.820. The molecule has 0 aromatic rings. The number of carboxylic acid groups (broad SMARTS) is 1. The first-order valence-electron chi connectivity index (χ1n) is 4.21. The first kappa shape index (κ1) is 14.2. The van der Waals surface area contributed by atoms with E-state index in [1.165, 1.54) is 0 Å². The van der Waals surface area contributed by atoms with Gasteiger partial charge in [0.1, 0.15) is 18.3 Å². The minimum Gasteiger partial charge on any atom is -0.479 e. The SMILES string of the molecule is O=C(O)[C@H]1O[C@@H](O)[C@H](O)[C@@H](O)[C@@H]1OS(=O)(=O)O. The Morgan fingerprint density at radius 3 is 2.12 bits per heavy atom. The number of hydrogen-bond donors (Lipinski definition) is 5. The molecule has 1 aliphatic rings. The van der Waals surface area contributed by atoms with Crippen LogP contribution in [0.25, 0.3) is 0 Å². The largest absolute Gasteiger partial charge is 0.479 e. The molecule has 0 unspecified atom stereocenters. The Morgan fingerprint density at radius 2 is 1.71 bits per heavy atom. The van der Waals surface area contributed by atoms with Crippen molar-refractivity contribution in [1.82, 2.24) is 0 Å².